The summed E-state index contributed by atoms with van der Waals surface area (Å²) in [5, 5.41) is 0. The van der Waals surface area contributed by atoms with Gasteiger partial charge in [0.1, 0.15) is 0 Å². The molecule has 0 spiro atoms. The lowest BCUT2D eigenvalue weighted by Crippen LogP contribution is -2.64. The molecule has 0 amide bonds. The fourth-order valence-corrected chi connectivity index (χ4v) is 15.3. The van der Waals surface area contributed by atoms with E-state index in [0.717, 1.165) is 19.3 Å². The third kappa shape index (κ3) is 5.93. The van der Waals surface area contributed by atoms with E-state index < -0.39 is 0 Å². The second-order valence-corrected chi connectivity index (χ2v) is 26.8. The van der Waals surface area contributed by atoms with Crippen molar-refractivity contribution in [3.05, 3.63) is 178 Å². The van der Waals surface area contributed by atoms with E-state index >= 15 is 0 Å². The average Bonchev–Trinajstić information content (AvgIpc) is 3.70. The van der Waals surface area contributed by atoms with Crippen LogP contribution >= 0.6 is 0 Å². The zero-order valence-electron chi connectivity index (χ0n) is 45.4. The van der Waals surface area contributed by atoms with Crippen molar-refractivity contribution in [3.63, 3.8) is 0 Å². The number of benzene rings is 7. The largest absolute Gasteiger partial charge is 0.334 e. The number of aryl methyl sites for hydroxylation is 1. The van der Waals surface area contributed by atoms with Gasteiger partial charge in [0, 0.05) is 50.5 Å². The van der Waals surface area contributed by atoms with E-state index in [1.54, 1.807) is 0 Å². The van der Waals surface area contributed by atoms with E-state index in [4.69, 9.17) is 0 Å². The zero-order valence-corrected chi connectivity index (χ0v) is 45.4. The van der Waals surface area contributed by atoms with E-state index in [-0.39, 0.29) is 44.9 Å². The second kappa shape index (κ2) is 14.8. The smallest absolute Gasteiger partial charge is 0.252 e. The van der Waals surface area contributed by atoms with Crippen molar-refractivity contribution in [2.24, 2.45) is 0 Å². The Morgan fingerprint density at radius 2 is 1.08 bits per heavy atom. The van der Waals surface area contributed by atoms with Gasteiger partial charge >= 0.3 is 0 Å². The number of anilines is 7. The van der Waals surface area contributed by atoms with Crippen molar-refractivity contribution >= 4 is 62.9 Å². The molecule has 0 saturated heterocycles. The van der Waals surface area contributed by atoms with Crippen molar-refractivity contribution in [2.45, 2.75) is 167 Å². The van der Waals surface area contributed by atoms with Crippen LogP contribution in [0.15, 0.2) is 140 Å². The molecule has 4 atom stereocenters. The average molecular weight is 944 g/mol. The van der Waals surface area contributed by atoms with E-state index in [1.807, 2.05) is 0 Å². The van der Waals surface area contributed by atoms with E-state index in [9.17, 15) is 0 Å². The van der Waals surface area contributed by atoms with Gasteiger partial charge in [-0.25, -0.2) is 0 Å². The van der Waals surface area contributed by atoms with Gasteiger partial charge in [-0.05, 0) is 153 Å². The third-order valence-electron chi connectivity index (χ3n) is 19.9. The second-order valence-electron chi connectivity index (χ2n) is 26.8. The molecule has 1 fully saturated rings. The maximum absolute atomic E-state index is 2.91. The molecule has 4 unspecified atom stereocenters. The Hall–Kier alpha value is -6.00. The molecule has 4 heteroatoms. The first-order chi connectivity index (χ1) is 34.1. The van der Waals surface area contributed by atoms with Gasteiger partial charge in [-0.1, -0.05) is 192 Å². The minimum absolute atomic E-state index is 0.0189. The molecular weight excluding hydrogens is 870 g/mol. The van der Waals surface area contributed by atoms with Gasteiger partial charge in [-0.2, -0.15) is 0 Å². The van der Waals surface area contributed by atoms with Gasteiger partial charge < -0.3 is 14.7 Å². The SMILES string of the molecule is CC(C)(C)c1ccc(N2c3cc(C(C)(C)C)ccc3B3c4cccc5c4N(c4cc(N6c7ccc(C(C)(C)C)cc7C7(C)CCCCC67C)cc2c43)C2(C)c3ccccc3CCC52C)c(-c2ccccc2)c1. The monoisotopic (exact) mass is 944 g/mol. The predicted molar refractivity (Wildman–Crippen MR) is 308 cm³/mol. The number of para-hydroxylation sites is 1. The summed E-state index contributed by atoms with van der Waals surface area (Å²) in [6, 6.07) is 55.9. The van der Waals surface area contributed by atoms with Crippen LogP contribution in [0, 0.1) is 0 Å². The molecule has 6 aliphatic rings. The van der Waals surface area contributed by atoms with Gasteiger partial charge in [-0.15, -0.1) is 0 Å². The van der Waals surface area contributed by atoms with Crippen molar-refractivity contribution < 1.29 is 0 Å². The molecule has 2 aliphatic carbocycles. The number of hydrogen-bond acceptors (Lipinski definition) is 3. The van der Waals surface area contributed by atoms with Crippen LogP contribution < -0.4 is 31.1 Å². The molecule has 7 aromatic rings. The van der Waals surface area contributed by atoms with Crippen LogP contribution in [0.4, 0.5) is 39.8 Å². The summed E-state index contributed by atoms with van der Waals surface area (Å²) in [4.78, 5) is 8.51. The molecular formula is C68H74BN3. The number of hydrogen-bond donors (Lipinski definition) is 0. The molecule has 7 aromatic carbocycles. The third-order valence-corrected chi connectivity index (χ3v) is 19.9. The quantitative estimate of drug-likeness (QED) is 0.163. The van der Waals surface area contributed by atoms with E-state index in [0.29, 0.717) is 0 Å². The summed E-state index contributed by atoms with van der Waals surface area (Å²) in [7, 11) is 0. The van der Waals surface area contributed by atoms with E-state index in [1.165, 1.54) is 126 Å². The highest BCUT2D eigenvalue weighted by Crippen LogP contribution is 2.66. The first-order valence-electron chi connectivity index (χ1n) is 27.4. The summed E-state index contributed by atoms with van der Waals surface area (Å²) in [6.45, 7) is 31.8. The van der Waals surface area contributed by atoms with Crippen LogP contribution in [0.25, 0.3) is 11.1 Å². The highest BCUT2D eigenvalue weighted by molar-refractivity contribution is 7.00. The van der Waals surface area contributed by atoms with Gasteiger partial charge in [0.2, 0.25) is 0 Å². The van der Waals surface area contributed by atoms with E-state index in [2.05, 4.69) is 244 Å². The number of nitrogens with zero attached hydrogens (tertiary/aromatic N) is 3. The Labute approximate surface area is 431 Å². The normalized spacial score (nSPS) is 24.5. The van der Waals surface area contributed by atoms with Crippen molar-refractivity contribution in [3.8, 4) is 11.1 Å². The van der Waals surface area contributed by atoms with Gasteiger partial charge in [0.05, 0.1) is 16.8 Å². The molecule has 4 aliphatic heterocycles. The molecule has 13 rings (SSSR count). The summed E-state index contributed by atoms with van der Waals surface area (Å²) in [5.41, 5.74) is 25.5. The summed E-state index contributed by atoms with van der Waals surface area (Å²) >= 11 is 0. The fraction of sp³-hybridized carbons (Fsp3) is 0.382. The maximum Gasteiger partial charge on any atom is 0.252 e. The van der Waals surface area contributed by atoms with Crippen LogP contribution in [-0.2, 0) is 39.0 Å². The lowest BCUT2D eigenvalue weighted by Gasteiger charge is -2.54. The molecule has 3 nitrogen and oxygen atoms in total. The first kappa shape index (κ1) is 45.8. The molecule has 72 heavy (non-hydrogen) atoms. The Morgan fingerprint density at radius 3 is 1.82 bits per heavy atom. The van der Waals surface area contributed by atoms with Crippen LogP contribution in [0.1, 0.15) is 161 Å². The lowest BCUT2D eigenvalue weighted by atomic mass is 9.33. The van der Waals surface area contributed by atoms with Crippen molar-refractivity contribution in [2.75, 3.05) is 14.7 Å². The van der Waals surface area contributed by atoms with Gasteiger partial charge in [-0.3, -0.25) is 0 Å². The Kier molecular flexibility index (Phi) is 9.44. The van der Waals surface area contributed by atoms with Crippen molar-refractivity contribution in [1.29, 1.82) is 0 Å². The highest BCUT2D eigenvalue weighted by Gasteiger charge is 2.64. The Balaban J connectivity index is 1.19. The Bertz CT molecular complexity index is 3420. The Morgan fingerprint density at radius 1 is 0.458 bits per heavy atom. The molecule has 4 heterocycles. The minimum atomic E-state index is -0.337. The van der Waals surface area contributed by atoms with Crippen LogP contribution in [-0.4, -0.2) is 12.3 Å². The molecule has 0 aromatic heterocycles. The molecule has 1 saturated carbocycles. The minimum Gasteiger partial charge on any atom is -0.334 e. The summed E-state index contributed by atoms with van der Waals surface area (Å²) in [6.07, 6.45) is 7.00. The van der Waals surface area contributed by atoms with Crippen LogP contribution in [0.3, 0.4) is 0 Å². The van der Waals surface area contributed by atoms with Gasteiger partial charge in [0.15, 0.2) is 0 Å². The predicted octanol–water partition coefficient (Wildman–Crippen LogP) is 15.9. The van der Waals surface area contributed by atoms with Gasteiger partial charge in [0.25, 0.3) is 6.71 Å². The topological polar surface area (TPSA) is 9.72 Å². The number of rotatable bonds is 3. The maximum atomic E-state index is 2.91. The summed E-state index contributed by atoms with van der Waals surface area (Å²) < 4.78 is 0. The fourth-order valence-electron chi connectivity index (χ4n) is 15.3. The van der Waals surface area contributed by atoms with Crippen LogP contribution in [0.2, 0.25) is 0 Å². The molecule has 0 bridgehead atoms. The molecule has 0 radical (unpaired) electrons. The zero-order chi connectivity index (χ0) is 50.3. The van der Waals surface area contributed by atoms with Crippen molar-refractivity contribution in [1.82, 2.24) is 0 Å². The standard InChI is InChI=1S/C68H74BN3/c1-62(2,3)45-29-32-55(49(38-45)43-22-15-14-16-23-43)70-57-40-47(64(7,8)9)28-31-53(57)69-54-27-21-26-51-61(54)72(68(13)50-25-18-17-24-44(50)34-37-66(51,68)11)59-42-48(41-58(70)60(59)69)71-56-33-30-46(63(4,5)6)39-52(56)65(10)35-19-20-36-67(65,71)12/h14-18,21-33,38-42H,19-20,34-37H2,1-13H3. The summed E-state index contributed by atoms with van der Waals surface area (Å²) in [5.74, 6) is 0. The van der Waals surface area contributed by atoms with Crippen LogP contribution in [0.5, 0.6) is 0 Å². The molecule has 0 N–H and O–H groups in total. The molecule has 364 valence electrons. The lowest BCUT2D eigenvalue weighted by molar-refractivity contribution is 0.195. The number of fused-ring (bicyclic) bond motifs is 12. The first-order valence-corrected chi connectivity index (χ1v) is 27.4. The highest BCUT2D eigenvalue weighted by atomic mass is 15.3.